The number of benzene rings is 2. The number of carbonyl (C=O) groups excluding carboxylic acids is 2. The van der Waals surface area contributed by atoms with Crippen molar-refractivity contribution < 1.29 is 19.4 Å². The number of aromatic nitrogens is 1. The van der Waals surface area contributed by atoms with E-state index in [1.807, 2.05) is 51.2 Å². The smallest absolute Gasteiger partial charge is 0.323 e. The number of urea groups is 1. The molecule has 3 aromatic rings. The number of ether oxygens (including phenoxy) is 1. The lowest BCUT2D eigenvalue weighted by atomic mass is 9.99. The van der Waals surface area contributed by atoms with E-state index in [1.54, 1.807) is 47.6 Å². The van der Waals surface area contributed by atoms with Crippen molar-refractivity contribution in [2.75, 3.05) is 37.4 Å². The van der Waals surface area contributed by atoms with Gasteiger partial charge in [-0.25, -0.2) is 4.79 Å². The zero-order valence-electron chi connectivity index (χ0n) is 22.0. The molecule has 2 heterocycles. The first-order valence-electron chi connectivity index (χ1n) is 12.8. The highest BCUT2D eigenvalue weighted by Gasteiger charge is 2.34. The topological polar surface area (TPSA) is 107 Å². The number of anilines is 2. The molecule has 4 rings (SSSR count). The van der Waals surface area contributed by atoms with Crippen molar-refractivity contribution >= 4 is 23.3 Å². The van der Waals surface area contributed by atoms with Crippen molar-refractivity contribution in [3.8, 4) is 5.75 Å². The summed E-state index contributed by atoms with van der Waals surface area (Å²) >= 11 is 0. The van der Waals surface area contributed by atoms with Crippen molar-refractivity contribution in [2.45, 2.75) is 32.5 Å². The molecule has 0 bridgehead atoms. The number of hydrogen-bond donors (Lipinski definition) is 3. The van der Waals surface area contributed by atoms with Gasteiger partial charge in [-0.05, 0) is 55.9 Å². The summed E-state index contributed by atoms with van der Waals surface area (Å²) in [6, 6.07) is 17.4. The average Bonchev–Trinajstić information content (AvgIpc) is 2.91. The van der Waals surface area contributed by atoms with Gasteiger partial charge in [-0.2, -0.15) is 0 Å². The van der Waals surface area contributed by atoms with Gasteiger partial charge in [-0.15, -0.1) is 0 Å². The van der Waals surface area contributed by atoms with Gasteiger partial charge in [-0.3, -0.25) is 14.7 Å². The number of likely N-dealkylation sites (N-methyl/N-ethyl adjacent to an activating group) is 1. The number of rotatable bonds is 8. The van der Waals surface area contributed by atoms with Crippen LogP contribution in [0, 0.1) is 5.92 Å². The van der Waals surface area contributed by atoms with Crippen LogP contribution in [0.3, 0.4) is 0 Å². The minimum atomic E-state index is -0.442. The number of carbonyl (C=O) groups is 2. The Bertz CT molecular complexity index is 1220. The van der Waals surface area contributed by atoms with Gasteiger partial charge >= 0.3 is 6.03 Å². The minimum Gasteiger partial charge on any atom is -0.486 e. The summed E-state index contributed by atoms with van der Waals surface area (Å²) in [5.41, 5.74) is 2.52. The predicted molar refractivity (Wildman–Crippen MR) is 147 cm³/mol. The first-order chi connectivity index (χ1) is 18.4. The quantitative estimate of drug-likeness (QED) is 0.416. The average molecular weight is 518 g/mol. The Labute approximate surface area is 223 Å². The molecule has 2 aromatic carbocycles. The summed E-state index contributed by atoms with van der Waals surface area (Å²) < 4.78 is 6.57. The van der Waals surface area contributed by atoms with Gasteiger partial charge in [0, 0.05) is 43.6 Å². The Morgan fingerprint density at radius 1 is 1.13 bits per heavy atom. The summed E-state index contributed by atoms with van der Waals surface area (Å²) in [4.78, 5) is 34.4. The molecular formula is C29H35N5O4. The fraction of sp³-hybridized carbons (Fsp3) is 0.345. The number of aliphatic hydroxyl groups excluding tert-OH is 1. The van der Waals surface area contributed by atoms with Gasteiger partial charge in [0.15, 0.2) is 5.75 Å². The van der Waals surface area contributed by atoms with E-state index in [2.05, 4.69) is 20.5 Å². The molecule has 3 atom stereocenters. The molecule has 1 aromatic heterocycles. The lowest BCUT2D eigenvalue weighted by Crippen LogP contribution is -2.49. The van der Waals surface area contributed by atoms with E-state index in [0.29, 0.717) is 42.3 Å². The van der Waals surface area contributed by atoms with Crippen LogP contribution in [0.1, 0.15) is 29.8 Å². The molecule has 0 unspecified atom stereocenters. The Hall–Kier alpha value is -3.95. The Kier molecular flexibility index (Phi) is 8.93. The van der Waals surface area contributed by atoms with Crippen LogP contribution in [-0.4, -0.2) is 70.7 Å². The van der Waals surface area contributed by atoms with Gasteiger partial charge in [0.2, 0.25) is 0 Å². The number of para-hydroxylation sites is 2. The largest absolute Gasteiger partial charge is 0.486 e. The molecule has 0 saturated carbocycles. The van der Waals surface area contributed by atoms with Crippen LogP contribution in [0.2, 0.25) is 0 Å². The lowest BCUT2D eigenvalue weighted by molar-refractivity contribution is 0.0343. The van der Waals surface area contributed by atoms with E-state index in [1.165, 1.54) is 0 Å². The molecule has 3 amide bonds. The lowest BCUT2D eigenvalue weighted by Gasteiger charge is -2.38. The standard InChI is InChI=1S/C29H35N5O4/c1-20-16-34(21(2)19-35)28(36)24-10-7-11-25(32-29(37)31-23-8-5-4-6-9-23)27(24)38-26(20)18-33(3)17-22-12-14-30-15-13-22/h4-15,20-21,26,35H,16-19H2,1-3H3,(H2,31,32,37)/t20-,21-,26+/m1/s1. The number of nitrogens with zero attached hydrogens (tertiary/aromatic N) is 3. The SMILES string of the molecule is C[C@@H]1CN([C@H](C)CO)C(=O)c2cccc(NC(=O)Nc3ccccc3)c2O[C@H]1CN(C)Cc1ccncc1. The predicted octanol–water partition coefficient (Wildman–Crippen LogP) is 4.08. The Balaban J connectivity index is 1.63. The van der Waals surface area contributed by atoms with Crippen LogP contribution >= 0.6 is 0 Å². The van der Waals surface area contributed by atoms with Crippen LogP contribution < -0.4 is 15.4 Å². The zero-order valence-corrected chi connectivity index (χ0v) is 22.0. The van der Waals surface area contributed by atoms with E-state index >= 15 is 0 Å². The van der Waals surface area contributed by atoms with Gasteiger partial charge in [0.25, 0.3) is 5.91 Å². The molecule has 0 aliphatic carbocycles. The number of amides is 3. The van der Waals surface area contributed by atoms with Crippen molar-refractivity contribution in [1.82, 2.24) is 14.8 Å². The van der Waals surface area contributed by atoms with Crippen LogP contribution in [0.15, 0.2) is 73.1 Å². The third-order valence-electron chi connectivity index (χ3n) is 6.66. The molecular weight excluding hydrogens is 482 g/mol. The molecule has 1 aliphatic heterocycles. The van der Waals surface area contributed by atoms with E-state index < -0.39 is 6.03 Å². The van der Waals surface area contributed by atoms with Gasteiger partial charge in [-0.1, -0.05) is 31.2 Å². The van der Waals surface area contributed by atoms with Crippen LogP contribution in [0.25, 0.3) is 0 Å². The number of hydrogen-bond acceptors (Lipinski definition) is 6. The number of fused-ring (bicyclic) bond motifs is 1. The molecule has 0 spiro atoms. The van der Waals surface area contributed by atoms with Gasteiger partial charge in [0.05, 0.1) is 23.9 Å². The number of pyridine rings is 1. The Morgan fingerprint density at radius 2 is 1.87 bits per heavy atom. The highest BCUT2D eigenvalue weighted by molar-refractivity contribution is 6.04. The third-order valence-corrected chi connectivity index (χ3v) is 6.66. The maximum absolute atomic E-state index is 13.6. The second-order valence-corrected chi connectivity index (χ2v) is 9.80. The molecule has 38 heavy (non-hydrogen) atoms. The molecule has 9 heteroatoms. The monoisotopic (exact) mass is 517 g/mol. The Morgan fingerprint density at radius 3 is 2.58 bits per heavy atom. The van der Waals surface area contributed by atoms with E-state index in [0.717, 1.165) is 5.56 Å². The van der Waals surface area contributed by atoms with Crippen LogP contribution in [0.5, 0.6) is 5.75 Å². The summed E-state index contributed by atoms with van der Waals surface area (Å²) in [7, 11) is 2.02. The van der Waals surface area contributed by atoms with Crippen LogP contribution in [-0.2, 0) is 6.54 Å². The fourth-order valence-corrected chi connectivity index (χ4v) is 4.54. The summed E-state index contributed by atoms with van der Waals surface area (Å²) in [6.07, 6.45) is 3.25. The normalized spacial score (nSPS) is 18.1. The molecule has 1 aliphatic rings. The summed E-state index contributed by atoms with van der Waals surface area (Å²) in [5.74, 6) is 0.0287. The molecule has 0 radical (unpaired) electrons. The highest BCUT2D eigenvalue weighted by Crippen LogP contribution is 2.35. The van der Waals surface area contributed by atoms with Crippen LogP contribution in [0.4, 0.5) is 16.2 Å². The second kappa shape index (κ2) is 12.5. The van der Waals surface area contributed by atoms with E-state index in [-0.39, 0.29) is 30.6 Å². The van der Waals surface area contributed by atoms with Crippen molar-refractivity contribution in [2.24, 2.45) is 5.92 Å². The fourth-order valence-electron chi connectivity index (χ4n) is 4.54. The zero-order chi connectivity index (χ0) is 27.1. The molecule has 200 valence electrons. The molecule has 9 nitrogen and oxygen atoms in total. The third kappa shape index (κ3) is 6.67. The first kappa shape index (κ1) is 27.1. The molecule has 3 N–H and O–H groups in total. The van der Waals surface area contributed by atoms with E-state index in [9.17, 15) is 14.7 Å². The first-order valence-corrected chi connectivity index (χ1v) is 12.8. The van der Waals surface area contributed by atoms with Gasteiger partial charge < -0.3 is 25.4 Å². The maximum atomic E-state index is 13.6. The maximum Gasteiger partial charge on any atom is 0.323 e. The number of aliphatic hydroxyl groups is 1. The van der Waals surface area contributed by atoms with Crippen molar-refractivity contribution in [3.05, 3.63) is 84.2 Å². The number of nitrogens with one attached hydrogen (secondary N) is 2. The molecule has 0 saturated heterocycles. The molecule has 0 fully saturated rings. The van der Waals surface area contributed by atoms with Gasteiger partial charge in [0.1, 0.15) is 6.10 Å². The summed E-state index contributed by atoms with van der Waals surface area (Å²) in [6.45, 7) is 5.43. The van der Waals surface area contributed by atoms with Crippen molar-refractivity contribution in [1.29, 1.82) is 0 Å². The van der Waals surface area contributed by atoms with Crippen molar-refractivity contribution in [3.63, 3.8) is 0 Å². The summed E-state index contributed by atoms with van der Waals surface area (Å²) in [5, 5.41) is 15.5. The second-order valence-electron chi connectivity index (χ2n) is 9.80. The highest BCUT2D eigenvalue weighted by atomic mass is 16.5. The minimum absolute atomic E-state index is 0.0489. The van der Waals surface area contributed by atoms with E-state index in [4.69, 9.17) is 4.74 Å².